The minimum atomic E-state index is 0.544. The third-order valence-electron chi connectivity index (χ3n) is 2.73. The molecule has 0 aliphatic rings. The normalized spacial score (nSPS) is 13.0. The Bertz CT molecular complexity index is 444. The highest BCUT2D eigenvalue weighted by Crippen LogP contribution is 2.30. The fourth-order valence-electron chi connectivity index (χ4n) is 1.45. The van der Waals surface area contributed by atoms with Crippen molar-refractivity contribution in [2.24, 2.45) is 0 Å². The van der Waals surface area contributed by atoms with Crippen LogP contribution in [0.4, 0.5) is 0 Å². The van der Waals surface area contributed by atoms with E-state index >= 15 is 0 Å². The van der Waals surface area contributed by atoms with Crippen molar-refractivity contribution in [2.45, 2.75) is 33.1 Å². The average molecular weight is 221 g/mol. The van der Waals surface area contributed by atoms with Crippen LogP contribution < -0.4 is 0 Å². The molecule has 2 heterocycles. The van der Waals surface area contributed by atoms with Crippen LogP contribution in [0.25, 0.3) is 10.6 Å². The predicted octanol–water partition coefficient (Wildman–Crippen LogP) is 4.23. The van der Waals surface area contributed by atoms with Gasteiger partial charge in [0.1, 0.15) is 10.8 Å². The molecule has 15 heavy (non-hydrogen) atoms. The number of furan rings is 1. The summed E-state index contributed by atoms with van der Waals surface area (Å²) in [6.45, 7) is 6.37. The van der Waals surface area contributed by atoms with Crippen LogP contribution >= 0.6 is 11.3 Å². The molecule has 2 nitrogen and oxygen atoms in total. The molecule has 2 rings (SSSR count). The number of hydrogen-bond acceptors (Lipinski definition) is 3. The molecule has 80 valence electrons. The van der Waals surface area contributed by atoms with Crippen molar-refractivity contribution >= 4 is 11.3 Å². The van der Waals surface area contributed by atoms with Crippen molar-refractivity contribution < 1.29 is 4.42 Å². The van der Waals surface area contributed by atoms with E-state index in [1.54, 1.807) is 17.6 Å². The molecule has 0 fully saturated rings. The standard InChI is InChI=1S/C12H15NOS/c1-4-8(2)11-7-15-12(13-11)10-5-6-14-9(10)3/h5-8H,4H2,1-3H3. The quantitative estimate of drug-likeness (QED) is 0.775. The SMILES string of the molecule is CCC(C)c1csc(-c2ccoc2C)n1. The first-order valence-electron chi connectivity index (χ1n) is 5.22. The van der Waals surface area contributed by atoms with Crippen LogP contribution in [-0.4, -0.2) is 4.98 Å². The van der Waals surface area contributed by atoms with Gasteiger partial charge in [0.05, 0.1) is 17.5 Å². The molecule has 0 amide bonds. The third kappa shape index (κ3) is 1.97. The largest absolute Gasteiger partial charge is 0.469 e. The maximum absolute atomic E-state index is 5.28. The molecule has 0 spiro atoms. The Kier molecular flexibility index (Phi) is 2.91. The first-order valence-corrected chi connectivity index (χ1v) is 6.10. The van der Waals surface area contributed by atoms with Gasteiger partial charge in [-0.05, 0) is 25.3 Å². The zero-order valence-electron chi connectivity index (χ0n) is 9.28. The van der Waals surface area contributed by atoms with Gasteiger partial charge in [0.2, 0.25) is 0 Å². The predicted molar refractivity (Wildman–Crippen MR) is 63.3 cm³/mol. The summed E-state index contributed by atoms with van der Waals surface area (Å²) in [5, 5.41) is 3.22. The fourth-order valence-corrected chi connectivity index (χ4v) is 2.47. The van der Waals surface area contributed by atoms with Crippen molar-refractivity contribution in [3.63, 3.8) is 0 Å². The smallest absolute Gasteiger partial charge is 0.127 e. The summed E-state index contributed by atoms with van der Waals surface area (Å²) < 4.78 is 5.28. The van der Waals surface area contributed by atoms with Crippen LogP contribution in [0.1, 0.15) is 37.6 Å². The number of aryl methyl sites for hydroxylation is 1. The van der Waals surface area contributed by atoms with Crippen molar-refractivity contribution in [1.82, 2.24) is 4.98 Å². The summed E-state index contributed by atoms with van der Waals surface area (Å²) >= 11 is 1.69. The Morgan fingerprint density at radius 1 is 1.53 bits per heavy atom. The van der Waals surface area contributed by atoms with Gasteiger partial charge in [-0.1, -0.05) is 13.8 Å². The minimum Gasteiger partial charge on any atom is -0.469 e. The molecule has 2 aromatic heterocycles. The molecule has 0 saturated carbocycles. The second-order valence-electron chi connectivity index (χ2n) is 3.78. The van der Waals surface area contributed by atoms with E-state index < -0.39 is 0 Å². The lowest BCUT2D eigenvalue weighted by Gasteiger charge is -2.02. The van der Waals surface area contributed by atoms with Gasteiger partial charge in [0.25, 0.3) is 0 Å². The maximum atomic E-state index is 5.28. The molecule has 1 atom stereocenters. The van der Waals surface area contributed by atoms with E-state index in [2.05, 4.69) is 24.2 Å². The summed E-state index contributed by atoms with van der Waals surface area (Å²) in [6, 6.07) is 1.98. The van der Waals surface area contributed by atoms with E-state index in [1.807, 2.05) is 13.0 Å². The van der Waals surface area contributed by atoms with Gasteiger partial charge in [-0.15, -0.1) is 11.3 Å². The summed E-state index contributed by atoms with van der Waals surface area (Å²) in [5.74, 6) is 1.49. The molecule has 2 aromatic rings. The first-order chi connectivity index (χ1) is 7.22. The van der Waals surface area contributed by atoms with Crippen molar-refractivity contribution in [3.8, 4) is 10.6 Å². The molecule has 0 aliphatic carbocycles. The van der Waals surface area contributed by atoms with Crippen LogP contribution in [-0.2, 0) is 0 Å². The minimum absolute atomic E-state index is 0.544. The maximum Gasteiger partial charge on any atom is 0.127 e. The monoisotopic (exact) mass is 221 g/mol. The lowest BCUT2D eigenvalue weighted by Crippen LogP contribution is -1.90. The van der Waals surface area contributed by atoms with Crippen LogP contribution in [0.5, 0.6) is 0 Å². The van der Waals surface area contributed by atoms with Crippen LogP contribution in [0.15, 0.2) is 22.1 Å². The molecule has 0 bridgehead atoms. The molecule has 1 unspecified atom stereocenters. The van der Waals surface area contributed by atoms with Gasteiger partial charge in [-0.2, -0.15) is 0 Å². The van der Waals surface area contributed by atoms with Crippen molar-refractivity contribution in [1.29, 1.82) is 0 Å². The lowest BCUT2D eigenvalue weighted by molar-refractivity contribution is 0.535. The Morgan fingerprint density at radius 3 is 2.93 bits per heavy atom. The topological polar surface area (TPSA) is 26.0 Å². The van der Waals surface area contributed by atoms with Crippen LogP contribution in [0.2, 0.25) is 0 Å². The van der Waals surface area contributed by atoms with Crippen LogP contribution in [0, 0.1) is 6.92 Å². The zero-order valence-corrected chi connectivity index (χ0v) is 10.1. The molecule has 0 aliphatic heterocycles. The Hall–Kier alpha value is -1.09. The fraction of sp³-hybridized carbons (Fsp3) is 0.417. The molecule has 3 heteroatoms. The Morgan fingerprint density at radius 2 is 2.33 bits per heavy atom. The highest BCUT2D eigenvalue weighted by Gasteiger charge is 2.12. The molecular weight excluding hydrogens is 206 g/mol. The van der Waals surface area contributed by atoms with Gasteiger partial charge < -0.3 is 4.42 Å². The summed E-state index contributed by atoms with van der Waals surface area (Å²) in [4.78, 5) is 4.64. The highest BCUT2D eigenvalue weighted by atomic mass is 32.1. The van der Waals surface area contributed by atoms with E-state index in [1.165, 1.54) is 5.69 Å². The van der Waals surface area contributed by atoms with E-state index in [4.69, 9.17) is 4.42 Å². The summed E-state index contributed by atoms with van der Waals surface area (Å²) in [5.41, 5.74) is 2.31. The number of thiazole rings is 1. The number of nitrogens with zero attached hydrogens (tertiary/aromatic N) is 1. The number of rotatable bonds is 3. The molecular formula is C12H15NOS. The number of aromatic nitrogens is 1. The van der Waals surface area contributed by atoms with Gasteiger partial charge in [-0.3, -0.25) is 0 Å². The molecule has 0 aromatic carbocycles. The van der Waals surface area contributed by atoms with E-state index in [0.29, 0.717) is 5.92 Å². The van der Waals surface area contributed by atoms with Crippen LogP contribution in [0.3, 0.4) is 0 Å². The third-order valence-corrected chi connectivity index (χ3v) is 3.62. The average Bonchev–Trinajstić information content (AvgIpc) is 2.84. The molecule has 0 saturated heterocycles. The van der Waals surface area contributed by atoms with Gasteiger partial charge in [-0.25, -0.2) is 4.98 Å². The molecule has 0 radical (unpaired) electrons. The Labute approximate surface area is 94.0 Å². The van der Waals surface area contributed by atoms with Crippen molar-refractivity contribution in [2.75, 3.05) is 0 Å². The number of hydrogen-bond donors (Lipinski definition) is 0. The van der Waals surface area contributed by atoms with Gasteiger partial charge in [0, 0.05) is 5.38 Å². The highest BCUT2D eigenvalue weighted by molar-refractivity contribution is 7.13. The second kappa shape index (κ2) is 4.19. The molecule has 0 N–H and O–H groups in total. The van der Waals surface area contributed by atoms with E-state index in [9.17, 15) is 0 Å². The van der Waals surface area contributed by atoms with Crippen molar-refractivity contribution in [3.05, 3.63) is 29.2 Å². The van der Waals surface area contributed by atoms with E-state index in [0.717, 1.165) is 22.8 Å². The van der Waals surface area contributed by atoms with Gasteiger partial charge >= 0.3 is 0 Å². The van der Waals surface area contributed by atoms with Gasteiger partial charge in [0.15, 0.2) is 0 Å². The second-order valence-corrected chi connectivity index (χ2v) is 4.64. The zero-order chi connectivity index (χ0) is 10.8. The summed E-state index contributed by atoms with van der Waals surface area (Å²) in [6.07, 6.45) is 2.85. The first kappa shape index (κ1) is 10.4. The lowest BCUT2D eigenvalue weighted by atomic mass is 10.1. The Balaban J connectivity index is 2.32. The summed E-state index contributed by atoms with van der Waals surface area (Å²) in [7, 11) is 0. The van der Waals surface area contributed by atoms with E-state index in [-0.39, 0.29) is 0 Å².